The molecular formula is C27H38N6O4S. The van der Waals surface area contributed by atoms with Crippen molar-refractivity contribution in [3.05, 3.63) is 41.6 Å². The first kappa shape index (κ1) is 27.0. The molecule has 2 saturated heterocycles. The molecule has 2 fully saturated rings. The van der Waals surface area contributed by atoms with Gasteiger partial charge in [0.1, 0.15) is 10.6 Å². The standard InChI is InChI=1S/C27H38N6O4S/c1-5-21-18-37-13-10-33(21)26-15-19(27(8-11-36-12-9-27)38(34,35)32(3)4)14-24(31-26)23-7-6-22-25(30-23)16-20(29-22)17-28-2/h6-7,14-16,21,28-29H,5,8-13,17-18H2,1-4H3/t21-/m0/s1. The Labute approximate surface area is 224 Å². The number of anilines is 1. The third kappa shape index (κ3) is 4.82. The normalized spacial score (nSPS) is 20.3. The molecule has 2 aliphatic heterocycles. The molecule has 11 heteroatoms. The van der Waals surface area contributed by atoms with Crippen molar-refractivity contribution >= 4 is 26.9 Å². The Bertz CT molecular complexity index is 1380. The summed E-state index contributed by atoms with van der Waals surface area (Å²) in [6.07, 6.45) is 1.67. The molecule has 0 saturated carbocycles. The molecule has 2 N–H and O–H groups in total. The summed E-state index contributed by atoms with van der Waals surface area (Å²) in [5.41, 5.74) is 4.96. The molecule has 206 valence electrons. The number of morpholine rings is 1. The van der Waals surface area contributed by atoms with Gasteiger partial charge in [-0.3, -0.25) is 0 Å². The fourth-order valence-corrected chi connectivity index (χ4v) is 7.39. The predicted octanol–water partition coefficient (Wildman–Crippen LogP) is 2.86. The van der Waals surface area contributed by atoms with Crippen LogP contribution in [0.3, 0.4) is 0 Å². The predicted molar refractivity (Wildman–Crippen MR) is 149 cm³/mol. The zero-order chi connectivity index (χ0) is 26.9. The van der Waals surface area contributed by atoms with Gasteiger partial charge in [0.2, 0.25) is 10.0 Å². The van der Waals surface area contributed by atoms with E-state index in [-0.39, 0.29) is 6.04 Å². The molecule has 1 atom stereocenters. The van der Waals surface area contributed by atoms with Crippen LogP contribution in [0.4, 0.5) is 5.82 Å². The Balaban J connectivity index is 1.70. The van der Waals surface area contributed by atoms with Gasteiger partial charge in [0.15, 0.2) is 0 Å². The highest BCUT2D eigenvalue weighted by Crippen LogP contribution is 2.43. The lowest BCUT2D eigenvalue weighted by atomic mass is 9.90. The summed E-state index contributed by atoms with van der Waals surface area (Å²) < 4.78 is 39.4. The highest BCUT2D eigenvalue weighted by atomic mass is 32.2. The van der Waals surface area contributed by atoms with E-state index >= 15 is 0 Å². The van der Waals surface area contributed by atoms with Gasteiger partial charge >= 0.3 is 0 Å². The number of aromatic amines is 1. The van der Waals surface area contributed by atoms with Gasteiger partial charge in [0.25, 0.3) is 0 Å². The molecule has 5 heterocycles. The summed E-state index contributed by atoms with van der Waals surface area (Å²) in [4.78, 5) is 15.6. The Morgan fingerprint density at radius 1 is 1.11 bits per heavy atom. The summed E-state index contributed by atoms with van der Waals surface area (Å²) >= 11 is 0. The largest absolute Gasteiger partial charge is 0.381 e. The maximum absolute atomic E-state index is 13.9. The molecule has 2 aliphatic rings. The number of hydrogen-bond acceptors (Lipinski definition) is 8. The van der Waals surface area contributed by atoms with Gasteiger partial charge in [0.05, 0.1) is 41.7 Å². The molecular weight excluding hydrogens is 504 g/mol. The van der Waals surface area contributed by atoms with Gasteiger partial charge < -0.3 is 24.7 Å². The summed E-state index contributed by atoms with van der Waals surface area (Å²) in [6.45, 7) is 5.54. The lowest BCUT2D eigenvalue weighted by Crippen LogP contribution is -2.48. The third-order valence-electron chi connectivity index (χ3n) is 7.77. The number of aromatic nitrogens is 3. The summed E-state index contributed by atoms with van der Waals surface area (Å²) in [5, 5.41) is 3.16. The zero-order valence-electron chi connectivity index (χ0n) is 22.7. The smallest absolute Gasteiger partial charge is 0.223 e. The van der Waals surface area contributed by atoms with E-state index < -0.39 is 14.8 Å². The van der Waals surface area contributed by atoms with Crippen molar-refractivity contribution in [1.29, 1.82) is 0 Å². The monoisotopic (exact) mass is 542 g/mol. The quantitative estimate of drug-likeness (QED) is 0.447. The van der Waals surface area contributed by atoms with Crippen molar-refractivity contribution in [3.63, 3.8) is 0 Å². The fourth-order valence-electron chi connectivity index (χ4n) is 5.59. The van der Waals surface area contributed by atoms with E-state index in [0.29, 0.717) is 63.7 Å². The summed E-state index contributed by atoms with van der Waals surface area (Å²) in [7, 11) is 1.45. The fraction of sp³-hybridized carbons (Fsp3) is 0.556. The maximum Gasteiger partial charge on any atom is 0.223 e. The van der Waals surface area contributed by atoms with Crippen LogP contribution in [0.25, 0.3) is 22.4 Å². The second-order valence-corrected chi connectivity index (χ2v) is 12.7. The molecule has 0 bridgehead atoms. The van der Waals surface area contributed by atoms with Crippen molar-refractivity contribution in [1.82, 2.24) is 24.6 Å². The van der Waals surface area contributed by atoms with Crippen LogP contribution in [0.15, 0.2) is 30.3 Å². The van der Waals surface area contributed by atoms with E-state index in [1.54, 1.807) is 14.1 Å². The topological polar surface area (TPSA) is 113 Å². The molecule has 0 amide bonds. The first-order valence-corrected chi connectivity index (χ1v) is 14.7. The summed E-state index contributed by atoms with van der Waals surface area (Å²) in [5.74, 6) is 0.763. The average Bonchev–Trinajstić information content (AvgIpc) is 3.35. The van der Waals surface area contributed by atoms with Gasteiger partial charge in [-0.2, -0.15) is 0 Å². The third-order valence-corrected chi connectivity index (χ3v) is 10.4. The van der Waals surface area contributed by atoms with Gasteiger partial charge in [0, 0.05) is 46.1 Å². The molecule has 0 unspecified atom stereocenters. The molecule has 0 spiro atoms. The first-order chi connectivity index (χ1) is 18.3. The Morgan fingerprint density at radius 2 is 1.89 bits per heavy atom. The number of nitrogens with one attached hydrogen (secondary N) is 2. The van der Waals surface area contributed by atoms with E-state index in [4.69, 9.17) is 19.4 Å². The van der Waals surface area contributed by atoms with Crippen molar-refractivity contribution in [3.8, 4) is 11.4 Å². The van der Waals surface area contributed by atoms with Crippen molar-refractivity contribution in [2.75, 3.05) is 59.0 Å². The van der Waals surface area contributed by atoms with Crippen molar-refractivity contribution in [2.24, 2.45) is 0 Å². The minimum absolute atomic E-state index is 0.166. The van der Waals surface area contributed by atoms with Crippen LogP contribution in [-0.2, 0) is 30.8 Å². The highest BCUT2D eigenvalue weighted by molar-refractivity contribution is 7.90. The van der Waals surface area contributed by atoms with Gasteiger partial charge in [-0.15, -0.1) is 0 Å². The minimum Gasteiger partial charge on any atom is -0.381 e. The lowest BCUT2D eigenvalue weighted by Gasteiger charge is -2.40. The molecule has 3 aromatic rings. The Kier molecular flexibility index (Phi) is 7.74. The second kappa shape index (κ2) is 10.9. The molecule has 3 aromatic heterocycles. The number of pyridine rings is 2. The number of rotatable bonds is 8. The number of nitrogens with zero attached hydrogens (tertiary/aromatic N) is 4. The number of H-pyrrole nitrogens is 1. The van der Waals surface area contributed by atoms with Crippen LogP contribution in [0.2, 0.25) is 0 Å². The van der Waals surface area contributed by atoms with Gasteiger partial charge in [-0.05, 0) is 62.2 Å². The van der Waals surface area contributed by atoms with Crippen LogP contribution in [0, 0.1) is 0 Å². The van der Waals surface area contributed by atoms with E-state index in [2.05, 4.69) is 22.1 Å². The Morgan fingerprint density at radius 3 is 2.61 bits per heavy atom. The number of fused-ring (bicyclic) bond motifs is 1. The average molecular weight is 543 g/mol. The molecule has 0 aliphatic carbocycles. The zero-order valence-corrected chi connectivity index (χ0v) is 23.5. The molecule has 38 heavy (non-hydrogen) atoms. The highest BCUT2D eigenvalue weighted by Gasteiger charge is 2.48. The van der Waals surface area contributed by atoms with E-state index in [1.165, 1.54) is 4.31 Å². The second-order valence-electron chi connectivity index (χ2n) is 10.3. The number of sulfonamides is 1. The minimum atomic E-state index is -3.67. The van der Waals surface area contributed by atoms with Gasteiger partial charge in [-0.1, -0.05) is 6.92 Å². The molecule has 5 rings (SSSR count). The number of ether oxygens (including phenoxy) is 2. The Hall–Kier alpha value is -2.57. The van der Waals surface area contributed by atoms with Gasteiger partial charge in [-0.25, -0.2) is 22.7 Å². The SMILES string of the molecule is CC[C@H]1COCCN1c1cc(C2(S(=O)(=O)N(C)C)CCOCC2)cc(-c2ccc3[nH]c(CNC)cc3n2)n1. The molecule has 0 radical (unpaired) electrons. The number of hydrogen-bond donors (Lipinski definition) is 2. The van der Waals surface area contributed by atoms with E-state index in [1.807, 2.05) is 37.4 Å². The van der Waals surface area contributed by atoms with Crippen LogP contribution >= 0.6 is 0 Å². The van der Waals surface area contributed by atoms with E-state index in [9.17, 15) is 8.42 Å². The van der Waals surface area contributed by atoms with Crippen LogP contribution < -0.4 is 10.2 Å². The van der Waals surface area contributed by atoms with Crippen LogP contribution in [0.1, 0.15) is 37.4 Å². The summed E-state index contributed by atoms with van der Waals surface area (Å²) in [6, 6.07) is 10.1. The van der Waals surface area contributed by atoms with Crippen LogP contribution in [-0.4, -0.2) is 87.8 Å². The maximum atomic E-state index is 13.9. The first-order valence-electron chi connectivity index (χ1n) is 13.3. The molecule has 0 aromatic carbocycles. The van der Waals surface area contributed by atoms with Crippen molar-refractivity contribution < 1.29 is 17.9 Å². The molecule has 10 nitrogen and oxygen atoms in total. The van der Waals surface area contributed by atoms with Crippen LogP contribution in [0.5, 0.6) is 0 Å². The lowest BCUT2D eigenvalue weighted by molar-refractivity contribution is 0.0726. The van der Waals surface area contributed by atoms with Crippen molar-refractivity contribution in [2.45, 2.75) is 43.5 Å². The van der Waals surface area contributed by atoms with E-state index in [0.717, 1.165) is 34.5 Å².